The van der Waals surface area contributed by atoms with Crippen LogP contribution in [0.4, 0.5) is 0 Å². The van der Waals surface area contributed by atoms with Crippen LogP contribution in [-0.4, -0.2) is 20.0 Å². The molecule has 3 nitrogen and oxygen atoms in total. The van der Waals surface area contributed by atoms with Crippen molar-refractivity contribution in [2.75, 3.05) is 5.75 Å². The molecule has 1 rings (SSSR count). The molecule has 0 aliphatic heterocycles. The second-order valence-electron chi connectivity index (χ2n) is 3.62. The van der Waals surface area contributed by atoms with Crippen LogP contribution in [-0.2, 0) is 9.84 Å². The van der Waals surface area contributed by atoms with E-state index in [0.717, 1.165) is 0 Å². The number of carbonyl (C=O) groups excluding carboxylic acids is 1. The molecule has 0 saturated heterocycles. The summed E-state index contributed by atoms with van der Waals surface area (Å²) < 4.78 is 23.4. The molecule has 4 heteroatoms. The highest BCUT2D eigenvalue weighted by Crippen LogP contribution is 2.14. The lowest BCUT2D eigenvalue weighted by atomic mass is 10.1. The summed E-state index contributed by atoms with van der Waals surface area (Å²) in [6, 6.07) is 6.17. The average Bonchev–Trinajstić information content (AvgIpc) is 2.28. The number of benzene rings is 1. The van der Waals surface area contributed by atoms with Crippen molar-refractivity contribution in [2.24, 2.45) is 0 Å². The fourth-order valence-electron chi connectivity index (χ4n) is 1.44. The monoisotopic (exact) mass is 240 g/mol. The molecule has 0 fully saturated rings. The fourth-order valence-corrected chi connectivity index (χ4v) is 2.76. The first-order valence-electron chi connectivity index (χ1n) is 5.37. The lowest BCUT2D eigenvalue weighted by molar-refractivity contribution is 0.0988. The van der Waals surface area contributed by atoms with E-state index in [9.17, 15) is 13.2 Å². The molecule has 0 radical (unpaired) electrons. The minimum absolute atomic E-state index is 0.0273. The Hall–Kier alpha value is -1.16. The van der Waals surface area contributed by atoms with Gasteiger partial charge in [-0.2, -0.15) is 0 Å². The van der Waals surface area contributed by atoms with Crippen LogP contribution in [0.25, 0.3) is 0 Å². The predicted molar refractivity (Wildman–Crippen MR) is 63.4 cm³/mol. The third-order valence-electron chi connectivity index (χ3n) is 2.33. The van der Waals surface area contributed by atoms with Crippen molar-refractivity contribution >= 4 is 15.6 Å². The smallest absolute Gasteiger partial charge is 0.178 e. The molecule has 0 bridgehead atoms. The molecular formula is C12H16O3S. The van der Waals surface area contributed by atoms with E-state index in [1.54, 1.807) is 19.1 Å². The van der Waals surface area contributed by atoms with Gasteiger partial charge in [-0.05, 0) is 18.6 Å². The molecule has 1 aromatic rings. The van der Waals surface area contributed by atoms with Gasteiger partial charge in [0.1, 0.15) is 0 Å². The van der Waals surface area contributed by atoms with Crippen LogP contribution in [0.3, 0.4) is 0 Å². The van der Waals surface area contributed by atoms with Crippen molar-refractivity contribution in [3.05, 3.63) is 29.8 Å². The van der Waals surface area contributed by atoms with Gasteiger partial charge < -0.3 is 0 Å². The van der Waals surface area contributed by atoms with Gasteiger partial charge in [0, 0.05) is 12.0 Å². The number of rotatable bonds is 5. The summed E-state index contributed by atoms with van der Waals surface area (Å²) in [6.45, 7) is 3.61. The molecule has 16 heavy (non-hydrogen) atoms. The summed E-state index contributed by atoms with van der Waals surface area (Å²) in [5.74, 6) is 0.174. The van der Waals surface area contributed by atoms with Gasteiger partial charge in [0.15, 0.2) is 15.6 Å². The maximum absolute atomic E-state index is 11.7. The molecule has 0 unspecified atom stereocenters. The standard InChI is InChI=1S/C12H16O3S/c1-3-9-16(14,15)11-7-5-10(6-8-11)12(13)4-2/h5-8H,3-4,9H2,1-2H3. The molecule has 0 atom stereocenters. The highest BCUT2D eigenvalue weighted by atomic mass is 32.2. The van der Waals surface area contributed by atoms with E-state index in [0.29, 0.717) is 23.3 Å². The van der Waals surface area contributed by atoms with Gasteiger partial charge in [-0.25, -0.2) is 8.42 Å². The summed E-state index contributed by atoms with van der Waals surface area (Å²) in [6.07, 6.45) is 1.03. The lowest BCUT2D eigenvalue weighted by Crippen LogP contribution is -2.06. The van der Waals surface area contributed by atoms with E-state index < -0.39 is 9.84 Å². The third-order valence-corrected chi connectivity index (χ3v) is 4.27. The zero-order valence-corrected chi connectivity index (χ0v) is 10.4. The largest absolute Gasteiger partial charge is 0.294 e. The first-order valence-corrected chi connectivity index (χ1v) is 7.02. The van der Waals surface area contributed by atoms with Gasteiger partial charge in [0.2, 0.25) is 0 Å². The van der Waals surface area contributed by atoms with E-state index in [4.69, 9.17) is 0 Å². The maximum Gasteiger partial charge on any atom is 0.178 e. The molecule has 88 valence electrons. The van der Waals surface area contributed by atoms with Crippen molar-refractivity contribution < 1.29 is 13.2 Å². The highest BCUT2D eigenvalue weighted by molar-refractivity contribution is 7.91. The van der Waals surface area contributed by atoms with Crippen molar-refractivity contribution in [1.82, 2.24) is 0 Å². The highest BCUT2D eigenvalue weighted by Gasteiger charge is 2.13. The summed E-state index contributed by atoms with van der Waals surface area (Å²) in [5, 5.41) is 0. The van der Waals surface area contributed by atoms with Crippen molar-refractivity contribution in [3.8, 4) is 0 Å². The Bertz CT molecular complexity index is 458. The average molecular weight is 240 g/mol. The van der Waals surface area contributed by atoms with Gasteiger partial charge in [0.25, 0.3) is 0 Å². The zero-order valence-electron chi connectivity index (χ0n) is 9.56. The number of carbonyl (C=O) groups is 1. The van der Waals surface area contributed by atoms with Crippen LogP contribution in [0.2, 0.25) is 0 Å². The molecule has 0 aromatic heterocycles. The molecule has 0 N–H and O–H groups in total. The first-order chi connectivity index (χ1) is 7.51. The molecule has 0 amide bonds. The maximum atomic E-state index is 11.7. The fraction of sp³-hybridized carbons (Fsp3) is 0.417. The molecule has 1 aromatic carbocycles. The van der Waals surface area contributed by atoms with Crippen LogP contribution < -0.4 is 0 Å². The number of hydrogen-bond donors (Lipinski definition) is 0. The zero-order chi connectivity index (χ0) is 12.2. The van der Waals surface area contributed by atoms with E-state index >= 15 is 0 Å². The summed E-state index contributed by atoms with van der Waals surface area (Å²) in [4.78, 5) is 11.6. The molecule has 0 spiro atoms. The van der Waals surface area contributed by atoms with Crippen molar-refractivity contribution in [2.45, 2.75) is 31.6 Å². The van der Waals surface area contributed by atoms with E-state index in [1.165, 1.54) is 12.1 Å². The Balaban J connectivity index is 3.00. The van der Waals surface area contributed by atoms with Gasteiger partial charge in [-0.3, -0.25) is 4.79 Å². The van der Waals surface area contributed by atoms with Gasteiger partial charge in [0.05, 0.1) is 10.6 Å². The lowest BCUT2D eigenvalue weighted by Gasteiger charge is -2.03. The Morgan fingerprint density at radius 2 is 1.69 bits per heavy atom. The Morgan fingerprint density at radius 1 is 1.12 bits per heavy atom. The summed E-state index contributed by atoms with van der Waals surface area (Å²) in [5.41, 5.74) is 0.568. The van der Waals surface area contributed by atoms with Crippen LogP contribution in [0.15, 0.2) is 29.2 Å². The van der Waals surface area contributed by atoms with E-state index in [-0.39, 0.29) is 11.5 Å². The first kappa shape index (κ1) is 12.9. The minimum Gasteiger partial charge on any atom is -0.294 e. The molecule has 0 heterocycles. The van der Waals surface area contributed by atoms with Crippen LogP contribution >= 0.6 is 0 Å². The topological polar surface area (TPSA) is 51.2 Å². The minimum atomic E-state index is -3.17. The quantitative estimate of drug-likeness (QED) is 0.743. The van der Waals surface area contributed by atoms with Crippen LogP contribution in [0.5, 0.6) is 0 Å². The van der Waals surface area contributed by atoms with E-state index in [1.807, 2.05) is 6.92 Å². The van der Waals surface area contributed by atoms with Crippen molar-refractivity contribution in [3.63, 3.8) is 0 Å². The van der Waals surface area contributed by atoms with Crippen LogP contribution in [0, 0.1) is 0 Å². The number of Topliss-reactive ketones (excluding diaryl/α,β-unsaturated/α-hetero) is 1. The predicted octanol–water partition coefficient (Wildman–Crippen LogP) is 2.46. The second-order valence-corrected chi connectivity index (χ2v) is 5.73. The summed E-state index contributed by atoms with van der Waals surface area (Å²) in [7, 11) is -3.17. The molecule has 0 saturated carbocycles. The van der Waals surface area contributed by atoms with Crippen molar-refractivity contribution in [1.29, 1.82) is 0 Å². The van der Waals surface area contributed by atoms with Gasteiger partial charge in [-0.15, -0.1) is 0 Å². The molecular weight excluding hydrogens is 224 g/mol. The van der Waals surface area contributed by atoms with Gasteiger partial charge >= 0.3 is 0 Å². The Morgan fingerprint density at radius 3 is 2.12 bits per heavy atom. The second kappa shape index (κ2) is 5.25. The van der Waals surface area contributed by atoms with Crippen LogP contribution in [0.1, 0.15) is 37.0 Å². The van der Waals surface area contributed by atoms with Gasteiger partial charge in [-0.1, -0.05) is 26.0 Å². The SMILES string of the molecule is CCCS(=O)(=O)c1ccc(C(=O)CC)cc1. The summed E-state index contributed by atoms with van der Waals surface area (Å²) >= 11 is 0. The van der Waals surface area contributed by atoms with E-state index in [2.05, 4.69) is 0 Å². The number of sulfone groups is 1. The normalized spacial score (nSPS) is 11.4. The number of ketones is 1. The number of hydrogen-bond acceptors (Lipinski definition) is 3. The Labute approximate surface area is 96.4 Å². The third kappa shape index (κ3) is 2.92. The molecule has 0 aliphatic carbocycles. The molecule has 0 aliphatic rings. The Kier molecular flexibility index (Phi) is 4.24.